The number of nitrogens with two attached hydrogens (primary N) is 1. The summed E-state index contributed by atoms with van der Waals surface area (Å²) in [4.78, 5) is 3.94. The van der Waals surface area contributed by atoms with Gasteiger partial charge in [-0.15, -0.1) is 0 Å². The summed E-state index contributed by atoms with van der Waals surface area (Å²) in [5, 5.41) is 11.5. The van der Waals surface area contributed by atoms with Crippen molar-refractivity contribution in [1.82, 2.24) is 9.55 Å². The second-order valence-electron chi connectivity index (χ2n) is 3.66. The average molecular weight is 246 g/mol. The minimum atomic E-state index is 0.0833. The van der Waals surface area contributed by atoms with Crippen molar-refractivity contribution in [2.75, 3.05) is 6.61 Å². The number of hydrogen-bond donors (Lipinski definition) is 2. The molecule has 0 aliphatic heterocycles. The van der Waals surface area contributed by atoms with Gasteiger partial charge in [0.2, 0.25) is 0 Å². The van der Waals surface area contributed by atoms with Gasteiger partial charge in [-0.1, -0.05) is 5.16 Å². The van der Waals surface area contributed by atoms with Crippen LogP contribution in [0.1, 0.15) is 5.56 Å². The molecule has 0 saturated heterocycles. The molecular formula is C12H14N4O2. The first-order valence-electron chi connectivity index (χ1n) is 5.46. The Bertz CT molecular complexity index is 505. The highest BCUT2D eigenvalue weighted by Gasteiger charge is 1.99. The fourth-order valence-electron chi connectivity index (χ4n) is 1.47. The molecule has 0 unspecified atom stereocenters. The predicted molar refractivity (Wildman–Crippen MR) is 66.7 cm³/mol. The summed E-state index contributed by atoms with van der Waals surface area (Å²) in [6.07, 6.45) is 5.35. The molecule has 0 bridgehead atoms. The summed E-state index contributed by atoms with van der Waals surface area (Å²) < 4.78 is 7.49. The Morgan fingerprint density at radius 2 is 2.17 bits per heavy atom. The molecule has 0 spiro atoms. The van der Waals surface area contributed by atoms with Gasteiger partial charge >= 0.3 is 0 Å². The lowest BCUT2D eigenvalue weighted by Gasteiger charge is -2.07. The van der Waals surface area contributed by atoms with Gasteiger partial charge in [0.1, 0.15) is 12.4 Å². The van der Waals surface area contributed by atoms with Crippen LogP contribution in [0.4, 0.5) is 0 Å². The topological polar surface area (TPSA) is 85.7 Å². The van der Waals surface area contributed by atoms with Crippen LogP contribution < -0.4 is 10.5 Å². The maximum absolute atomic E-state index is 8.53. The number of nitrogens with zero attached hydrogens (tertiary/aromatic N) is 3. The van der Waals surface area contributed by atoms with Gasteiger partial charge in [0, 0.05) is 18.0 Å². The molecule has 6 nitrogen and oxygen atoms in total. The fourth-order valence-corrected chi connectivity index (χ4v) is 1.47. The van der Waals surface area contributed by atoms with E-state index in [1.807, 2.05) is 10.8 Å². The van der Waals surface area contributed by atoms with Crippen molar-refractivity contribution >= 4 is 5.84 Å². The van der Waals surface area contributed by atoms with Gasteiger partial charge in [0.05, 0.1) is 12.9 Å². The Kier molecular flexibility index (Phi) is 3.80. The smallest absolute Gasteiger partial charge is 0.170 e. The Morgan fingerprint density at radius 3 is 2.78 bits per heavy atom. The summed E-state index contributed by atoms with van der Waals surface area (Å²) in [5.74, 6) is 0.824. The molecule has 0 saturated carbocycles. The quantitative estimate of drug-likeness (QED) is 0.357. The first-order chi connectivity index (χ1) is 8.79. The maximum Gasteiger partial charge on any atom is 0.170 e. The molecule has 18 heavy (non-hydrogen) atoms. The van der Waals surface area contributed by atoms with Crippen LogP contribution in [0, 0.1) is 0 Å². The highest BCUT2D eigenvalue weighted by molar-refractivity contribution is 5.97. The van der Waals surface area contributed by atoms with Crippen LogP contribution in [0.15, 0.2) is 48.1 Å². The van der Waals surface area contributed by atoms with E-state index in [9.17, 15) is 0 Å². The van der Waals surface area contributed by atoms with E-state index in [1.165, 1.54) is 0 Å². The molecule has 2 aromatic rings. The minimum absolute atomic E-state index is 0.0833. The third-order valence-corrected chi connectivity index (χ3v) is 2.44. The van der Waals surface area contributed by atoms with Gasteiger partial charge in [-0.2, -0.15) is 0 Å². The monoisotopic (exact) mass is 246 g/mol. The predicted octanol–water partition coefficient (Wildman–Crippen LogP) is 1.06. The van der Waals surface area contributed by atoms with Gasteiger partial charge in [-0.25, -0.2) is 4.98 Å². The average Bonchev–Trinajstić information content (AvgIpc) is 2.92. The zero-order chi connectivity index (χ0) is 12.8. The van der Waals surface area contributed by atoms with Crippen LogP contribution in [-0.2, 0) is 6.54 Å². The maximum atomic E-state index is 8.53. The van der Waals surface area contributed by atoms with Crippen LogP contribution in [-0.4, -0.2) is 27.2 Å². The molecule has 0 atom stereocenters. The summed E-state index contributed by atoms with van der Waals surface area (Å²) in [6, 6.07) is 7.03. The molecule has 1 heterocycles. The summed E-state index contributed by atoms with van der Waals surface area (Å²) in [7, 11) is 0. The summed E-state index contributed by atoms with van der Waals surface area (Å²) in [5.41, 5.74) is 6.11. The SMILES string of the molecule is NC(=NO)c1ccc(OCCn2ccnc2)cc1. The second-order valence-corrected chi connectivity index (χ2v) is 3.66. The molecule has 94 valence electrons. The van der Waals surface area contributed by atoms with E-state index in [1.54, 1.807) is 36.8 Å². The molecule has 0 aliphatic carbocycles. The number of imidazole rings is 1. The number of oxime groups is 1. The van der Waals surface area contributed by atoms with Crippen molar-refractivity contribution < 1.29 is 9.94 Å². The Labute approximate surface area is 104 Å². The van der Waals surface area contributed by atoms with Crippen LogP contribution in [0.5, 0.6) is 5.75 Å². The van der Waals surface area contributed by atoms with Gasteiger partial charge in [-0.05, 0) is 24.3 Å². The molecule has 0 amide bonds. The third-order valence-electron chi connectivity index (χ3n) is 2.44. The molecule has 6 heteroatoms. The van der Waals surface area contributed by atoms with Gasteiger partial charge in [-0.3, -0.25) is 0 Å². The van der Waals surface area contributed by atoms with Crippen molar-refractivity contribution in [1.29, 1.82) is 0 Å². The Hall–Kier alpha value is -2.50. The number of amidine groups is 1. The number of ether oxygens (including phenoxy) is 1. The molecule has 0 radical (unpaired) electrons. The zero-order valence-electron chi connectivity index (χ0n) is 9.73. The van der Waals surface area contributed by atoms with Crippen molar-refractivity contribution in [2.45, 2.75) is 6.54 Å². The molecule has 2 rings (SSSR count). The van der Waals surface area contributed by atoms with E-state index in [4.69, 9.17) is 15.7 Å². The lowest BCUT2D eigenvalue weighted by Crippen LogP contribution is -2.12. The normalized spacial score (nSPS) is 11.4. The molecule has 0 aliphatic rings. The first-order valence-corrected chi connectivity index (χ1v) is 5.46. The largest absolute Gasteiger partial charge is 0.492 e. The van der Waals surface area contributed by atoms with Gasteiger partial charge in [0.15, 0.2) is 5.84 Å². The minimum Gasteiger partial charge on any atom is -0.492 e. The second kappa shape index (κ2) is 5.72. The van der Waals surface area contributed by atoms with E-state index in [2.05, 4.69) is 10.1 Å². The van der Waals surface area contributed by atoms with E-state index in [-0.39, 0.29) is 5.84 Å². The fraction of sp³-hybridized carbons (Fsp3) is 0.167. The van der Waals surface area contributed by atoms with Crippen LogP contribution in [0.2, 0.25) is 0 Å². The molecule has 1 aromatic heterocycles. The van der Waals surface area contributed by atoms with E-state index in [0.29, 0.717) is 12.2 Å². The van der Waals surface area contributed by atoms with Crippen molar-refractivity contribution in [3.8, 4) is 5.75 Å². The van der Waals surface area contributed by atoms with Crippen molar-refractivity contribution in [3.63, 3.8) is 0 Å². The number of hydrogen-bond acceptors (Lipinski definition) is 4. The van der Waals surface area contributed by atoms with Crippen molar-refractivity contribution in [3.05, 3.63) is 48.5 Å². The number of benzene rings is 1. The van der Waals surface area contributed by atoms with E-state index < -0.39 is 0 Å². The lowest BCUT2D eigenvalue weighted by atomic mass is 10.2. The lowest BCUT2D eigenvalue weighted by molar-refractivity contribution is 0.298. The number of aromatic nitrogens is 2. The summed E-state index contributed by atoms with van der Waals surface area (Å²) in [6.45, 7) is 1.29. The molecule has 0 fully saturated rings. The van der Waals surface area contributed by atoms with E-state index in [0.717, 1.165) is 12.3 Å². The summed E-state index contributed by atoms with van der Waals surface area (Å²) >= 11 is 0. The first kappa shape index (κ1) is 12.0. The third kappa shape index (κ3) is 3.00. The highest BCUT2D eigenvalue weighted by atomic mass is 16.5. The standard InChI is InChI=1S/C12H14N4O2/c13-12(15-17)10-1-3-11(4-2-10)18-8-7-16-6-5-14-9-16/h1-6,9,17H,7-8H2,(H2,13,15). The number of rotatable bonds is 5. The molecular weight excluding hydrogens is 232 g/mol. The molecule has 1 aromatic carbocycles. The molecule has 3 N–H and O–H groups in total. The van der Waals surface area contributed by atoms with Crippen molar-refractivity contribution in [2.24, 2.45) is 10.9 Å². The Balaban J connectivity index is 1.87. The zero-order valence-corrected chi connectivity index (χ0v) is 9.73. The van der Waals surface area contributed by atoms with E-state index >= 15 is 0 Å². The van der Waals surface area contributed by atoms with Gasteiger partial charge in [0.25, 0.3) is 0 Å². The van der Waals surface area contributed by atoms with Gasteiger partial charge < -0.3 is 20.2 Å². The highest BCUT2D eigenvalue weighted by Crippen LogP contribution is 2.12. The van der Waals surface area contributed by atoms with Crippen LogP contribution in [0.25, 0.3) is 0 Å². The van der Waals surface area contributed by atoms with Crippen LogP contribution in [0.3, 0.4) is 0 Å². The Morgan fingerprint density at radius 1 is 1.39 bits per heavy atom. The van der Waals surface area contributed by atoms with Crippen LogP contribution >= 0.6 is 0 Å².